The summed E-state index contributed by atoms with van der Waals surface area (Å²) in [6, 6.07) is 13.5. The van der Waals surface area contributed by atoms with E-state index in [2.05, 4.69) is 15.9 Å². The summed E-state index contributed by atoms with van der Waals surface area (Å²) in [7, 11) is 0. The number of carbonyl (C=O) groups excluding carboxylic acids is 1. The predicted octanol–water partition coefficient (Wildman–Crippen LogP) is 4.15. The second kappa shape index (κ2) is 5.83. The lowest BCUT2D eigenvalue weighted by Crippen LogP contribution is -2.00. The van der Waals surface area contributed by atoms with Crippen molar-refractivity contribution in [1.29, 1.82) is 0 Å². The molecule has 2 nitrogen and oxygen atoms in total. The molecule has 0 bridgehead atoms. The molecule has 0 saturated heterocycles. The lowest BCUT2D eigenvalue weighted by atomic mass is 10.1. The lowest BCUT2D eigenvalue weighted by molar-refractivity contribution is 0.111. The Labute approximate surface area is 115 Å². The minimum absolute atomic E-state index is 0.450. The molecule has 2 aromatic carbocycles. The van der Waals surface area contributed by atoms with Crippen molar-refractivity contribution in [2.24, 2.45) is 0 Å². The molecule has 92 valence electrons. The number of ether oxygens (including phenoxy) is 1. The zero-order valence-corrected chi connectivity index (χ0v) is 11.6. The zero-order valence-electron chi connectivity index (χ0n) is 10.0. The van der Waals surface area contributed by atoms with Crippen LogP contribution in [0.5, 0.6) is 5.75 Å². The van der Waals surface area contributed by atoms with E-state index in [0.29, 0.717) is 17.9 Å². The molecule has 0 saturated carbocycles. The zero-order chi connectivity index (χ0) is 13.0. The van der Waals surface area contributed by atoms with Gasteiger partial charge in [0.2, 0.25) is 0 Å². The van der Waals surface area contributed by atoms with Gasteiger partial charge in [0.05, 0.1) is 5.56 Å². The molecule has 0 aliphatic rings. The molecule has 0 spiro atoms. The minimum atomic E-state index is 0.450. The van der Waals surface area contributed by atoms with Gasteiger partial charge in [-0.2, -0.15) is 0 Å². The Bertz CT molecular complexity index is 564. The van der Waals surface area contributed by atoms with Crippen molar-refractivity contribution in [3.63, 3.8) is 0 Å². The van der Waals surface area contributed by atoms with Crippen LogP contribution in [0.25, 0.3) is 0 Å². The van der Waals surface area contributed by atoms with Gasteiger partial charge < -0.3 is 4.74 Å². The average Bonchev–Trinajstić information content (AvgIpc) is 2.37. The molecule has 2 rings (SSSR count). The summed E-state index contributed by atoms with van der Waals surface area (Å²) in [6.45, 7) is 2.38. The van der Waals surface area contributed by atoms with Crippen LogP contribution in [0.3, 0.4) is 0 Å². The van der Waals surface area contributed by atoms with Gasteiger partial charge in [-0.1, -0.05) is 40.2 Å². The molecular formula is C15H13BrO2. The van der Waals surface area contributed by atoms with E-state index in [1.165, 1.54) is 0 Å². The molecule has 0 aliphatic heterocycles. The van der Waals surface area contributed by atoms with Crippen LogP contribution < -0.4 is 4.74 Å². The highest BCUT2D eigenvalue weighted by atomic mass is 79.9. The van der Waals surface area contributed by atoms with Crippen molar-refractivity contribution in [3.8, 4) is 5.75 Å². The first-order valence-corrected chi connectivity index (χ1v) is 6.42. The molecule has 0 atom stereocenters. The number of para-hydroxylation sites is 1. The Morgan fingerprint density at radius 3 is 2.72 bits per heavy atom. The Morgan fingerprint density at radius 1 is 1.22 bits per heavy atom. The second-order valence-corrected chi connectivity index (χ2v) is 4.95. The van der Waals surface area contributed by atoms with Gasteiger partial charge in [0.15, 0.2) is 6.29 Å². The maximum absolute atomic E-state index is 11.0. The number of aldehydes is 1. The van der Waals surface area contributed by atoms with Gasteiger partial charge >= 0.3 is 0 Å². The second-order valence-electron chi connectivity index (χ2n) is 4.03. The normalized spacial score (nSPS) is 10.1. The van der Waals surface area contributed by atoms with Crippen molar-refractivity contribution >= 4 is 22.2 Å². The topological polar surface area (TPSA) is 26.3 Å². The van der Waals surface area contributed by atoms with E-state index in [1.807, 2.05) is 43.3 Å². The highest BCUT2D eigenvalue weighted by Gasteiger charge is 2.06. The number of carbonyl (C=O) groups is 1. The molecule has 2 aromatic rings. The number of rotatable bonds is 4. The molecule has 0 fully saturated rings. The van der Waals surface area contributed by atoms with Gasteiger partial charge in [-0.3, -0.25) is 4.79 Å². The fraction of sp³-hybridized carbons (Fsp3) is 0.133. The quantitative estimate of drug-likeness (QED) is 0.793. The summed E-state index contributed by atoms with van der Waals surface area (Å²) >= 11 is 3.42. The lowest BCUT2D eigenvalue weighted by Gasteiger charge is -2.11. The maximum atomic E-state index is 11.0. The third-order valence-electron chi connectivity index (χ3n) is 2.64. The monoisotopic (exact) mass is 304 g/mol. The Hall–Kier alpha value is -1.61. The summed E-state index contributed by atoms with van der Waals surface area (Å²) in [4.78, 5) is 11.0. The van der Waals surface area contributed by atoms with Gasteiger partial charge in [0.1, 0.15) is 12.4 Å². The van der Waals surface area contributed by atoms with E-state index in [-0.39, 0.29) is 0 Å². The van der Waals surface area contributed by atoms with Crippen LogP contribution in [0.15, 0.2) is 46.9 Å². The first-order valence-electron chi connectivity index (χ1n) is 5.63. The van der Waals surface area contributed by atoms with E-state index in [4.69, 9.17) is 4.74 Å². The molecule has 0 N–H and O–H groups in total. The number of hydrogen-bond donors (Lipinski definition) is 0. The molecule has 0 heterocycles. The third-order valence-corrected chi connectivity index (χ3v) is 3.13. The highest BCUT2D eigenvalue weighted by molar-refractivity contribution is 9.10. The van der Waals surface area contributed by atoms with E-state index in [0.717, 1.165) is 21.9 Å². The van der Waals surface area contributed by atoms with Crippen molar-refractivity contribution < 1.29 is 9.53 Å². The molecule has 18 heavy (non-hydrogen) atoms. The van der Waals surface area contributed by atoms with Crippen LogP contribution in [-0.4, -0.2) is 6.29 Å². The number of halogens is 1. The summed E-state index contributed by atoms with van der Waals surface area (Å²) in [5.74, 6) is 0.660. The van der Waals surface area contributed by atoms with Gasteiger partial charge in [-0.15, -0.1) is 0 Å². The fourth-order valence-corrected chi connectivity index (χ4v) is 2.19. The SMILES string of the molecule is Cc1cccc(C=O)c1OCc1cccc(Br)c1. The molecule has 0 aromatic heterocycles. The van der Waals surface area contributed by atoms with E-state index >= 15 is 0 Å². The van der Waals surface area contributed by atoms with E-state index < -0.39 is 0 Å². The van der Waals surface area contributed by atoms with Crippen LogP contribution in [0, 0.1) is 6.92 Å². The van der Waals surface area contributed by atoms with Crippen LogP contribution >= 0.6 is 15.9 Å². The van der Waals surface area contributed by atoms with Crippen molar-refractivity contribution in [3.05, 3.63) is 63.6 Å². The summed E-state index contributed by atoms with van der Waals surface area (Å²) < 4.78 is 6.77. The summed E-state index contributed by atoms with van der Waals surface area (Å²) in [5.41, 5.74) is 2.61. The summed E-state index contributed by atoms with van der Waals surface area (Å²) in [5, 5.41) is 0. The molecule has 0 amide bonds. The number of hydrogen-bond acceptors (Lipinski definition) is 2. The minimum Gasteiger partial charge on any atom is -0.488 e. The number of aryl methyl sites for hydroxylation is 1. The van der Waals surface area contributed by atoms with Crippen LogP contribution in [0.1, 0.15) is 21.5 Å². The van der Waals surface area contributed by atoms with E-state index in [9.17, 15) is 4.79 Å². The highest BCUT2D eigenvalue weighted by Crippen LogP contribution is 2.23. The first-order chi connectivity index (χ1) is 8.70. The van der Waals surface area contributed by atoms with Crippen molar-refractivity contribution in [1.82, 2.24) is 0 Å². The number of benzene rings is 2. The van der Waals surface area contributed by atoms with Gasteiger partial charge in [0.25, 0.3) is 0 Å². The van der Waals surface area contributed by atoms with Gasteiger partial charge in [-0.05, 0) is 36.2 Å². The fourth-order valence-electron chi connectivity index (χ4n) is 1.75. The van der Waals surface area contributed by atoms with Crippen molar-refractivity contribution in [2.45, 2.75) is 13.5 Å². The van der Waals surface area contributed by atoms with Crippen LogP contribution in [-0.2, 0) is 6.61 Å². The standard InChI is InChI=1S/C15H13BrO2/c1-11-4-2-6-13(9-17)15(11)18-10-12-5-3-7-14(16)8-12/h2-9H,10H2,1H3. The van der Waals surface area contributed by atoms with Gasteiger partial charge in [0, 0.05) is 4.47 Å². The molecule has 0 unspecified atom stereocenters. The molecule has 0 aliphatic carbocycles. The van der Waals surface area contributed by atoms with Crippen LogP contribution in [0.4, 0.5) is 0 Å². The Kier molecular flexibility index (Phi) is 4.15. The average molecular weight is 305 g/mol. The molecule has 3 heteroatoms. The van der Waals surface area contributed by atoms with E-state index in [1.54, 1.807) is 6.07 Å². The molecular weight excluding hydrogens is 292 g/mol. The Morgan fingerprint density at radius 2 is 2.00 bits per heavy atom. The Balaban J connectivity index is 2.18. The smallest absolute Gasteiger partial charge is 0.153 e. The third kappa shape index (κ3) is 2.99. The largest absolute Gasteiger partial charge is 0.488 e. The predicted molar refractivity (Wildman–Crippen MR) is 75.0 cm³/mol. The maximum Gasteiger partial charge on any atom is 0.153 e. The summed E-state index contributed by atoms with van der Waals surface area (Å²) in [6.07, 6.45) is 0.823. The molecule has 0 radical (unpaired) electrons. The van der Waals surface area contributed by atoms with Gasteiger partial charge in [-0.25, -0.2) is 0 Å². The first kappa shape index (κ1) is 12.8. The van der Waals surface area contributed by atoms with Crippen molar-refractivity contribution in [2.75, 3.05) is 0 Å². The van der Waals surface area contributed by atoms with Crippen LogP contribution in [0.2, 0.25) is 0 Å².